The van der Waals surface area contributed by atoms with Crippen LogP contribution >= 0.6 is 0 Å². The summed E-state index contributed by atoms with van der Waals surface area (Å²) in [5.74, 6) is 3.08. The van der Waals surface area contributed by atoms with Crippen LogP contribution < -0.4 is 18.9 Å². The second-order valence-corrected chi connectivity index (χ2v) is 10.3. The van der Waals surface area contributed by atoms with Crippen molar-refractivity contribution in [3.8, 4) is 23.0 Å². The molecule has 0 spiro atoms. The highest BCUT2D eigenvalue weighted by Gasteiger charge is 2.43. The van der Waals surface area contributed by atoms with E-state index in [9.17, 15) is 9.59 Å². The van der Waals surface area contributed by atoms with Crippen LogP contribution in [0.3, 0.4) is 0 Å². The van der Waals surface area contributed by atoms with E-state index >= 15 is 0 Å². The summed E-state index contributed by atoms with van der Waals surface area (Å²) in [5, 5.41) is 0. The number of methoxy groups -OCH3 is 1. The molecule has 1 saturated heterocycles. The van der Waals surface area contributed by atoms with Gasteiger partial charge in [0.05, 0.1) is 13.7 Å². The van der Waals surface area contributed by atoms with Gasteiger partial charge in [0.15, 0.2) is 23.0 Å². The van der Waals surface area contributed by atoms with Gasteiger partial charge in [-0.1, -0.05) is 26.0 Å². The normalized spacial score (nSPS) is 23.4. The molecule has 0 unspecified atom stereocenters. The molecule has 2 amide bonds. The lowest BCUT2D eigenvalue weighted by Crippen LogP contribution is -2.58. The van der Waals surface area contributed by atoms with E-state index in [-0.39, 0.29) is 37.7 Å². The molecule has 5 rings (SSSR count). The molecule has 198 valence electrons. The van der Waals surface area contributed by atoms with Crippen molar-refractivity contribution < 1.29 is 28.5 Å². The molecule has 1 aliphatic carbocycles. The molecular weight excluding hydrogens is 472 g/mol. The maximum absolute atomic E-state index is 14.1. The number of benzene rings is 2. The van der Waals surface area contributed by atoms with Crippen molar-refractivity contribution in [2.45, 2.75) is 64.6 Å². The molecule has 2 aliphatic heterocycles. The second kappa shape index (κ2) is 10.9. The highest BCUT2D eigenvalue weighted by Crippen LogP contribution is 2.39. The van der Waals surface area contributed by atoms with Gasteiger partial charge in [-0.3, -0.25) is 9.59 Å². The van der Waals surface area contributed by atoms with Crippen LogP contribution in [0.2, 0.25) is 0 Å². The van der Waals surface area contributed by atoms with E-state index in [4.69, 9.17) is 18.9 Å². The molecule has 2 fully saturated rings. The number of nitrogens with zero attached hydrogens (tertiary/aromatic N) is 2. The zero-order valence-electron chi connectivity index (χ0n) is 21.9. The van der Waals surface area contributed by atoms with Crippen LogP contribution in [0.5, 0.6) is 23.0 Å². The Labute approximate surface area is 218 Å². The SMILES string of the molecule is CCCOc1ccc([C@H]2C(=O)N(C3CCC(C)CC3)CC(=O)N2Cc2ccc3c(c2)OCO3)cc1OC. The van der Waals surface area contributed by atoms with Gasteiger partial charge >= 0.3 is 0 Å². The summed E-state index contributed by atoms with van der Waals surface area (Å²) in [6, 6.07) is 10.5. The molecule has 0 bridgehead atoms. The van der Waals surface area contributed by atoms with E-state index in [1.165, 1.54) is 0 Å². The fourth-order valence-corrected chi connectivity index (χ4v) is 5.54. The van der Waals surface area contributed by atoms with Crippen LogP contribution in [-0.4, -0.2) is 54.7 Å². The highest BCUT2D eigenvalue weighted by atomic mass is 16.7. The van der Waals surface area contributed by atoms with Gasteiger partial charge in [0, 0.05) is 12.6 Å². The summed E-state index contributed by atoms with van der Waals surface area (Å²) in [6.07, 6.45) is 4.89. The molecular formula is C29H36N2O6. The number of carbonyl (C=O) groups is 2. The topological polar surface area (TPSA) is 77.5 Å². The smallest absolute Gasteiger partial charge is 0.250 e. The van der Waals surface area contributed by atoms with E-state index in [2.05, 4.69) is 6.92 Å². The molecule has 0 radical (unpaired) electrons. The molecule has 1 saturated carbocycles. The van der Waals surface area contributed by atoms with Crippen LogP contribution in [0, 0.1) is 5.92 Å². The molecule has 2 heterocycles. The van der Waals surface area contributed by atoms with Crippen molar-refractivity contribution in [3.05, 3.63) is 47.5 Å². The van der Waals surface area contributed by atoms with Crippen LogP contribution in [0.1, 0.15) is 63.1 Å². The third-order valence-corrected chi connectivity index (χ3v) is 7.64. The zero-order chi connectivity index (χ0) is 25.9. The fraction of sp³-hybridized carbons (Fsp3) is 0.517. The third kappa shape index (κ3) is 5.20. The Kier molecular flexibility index (Phi) is 7.44. The summed E-state index contributed by atoms with van der Waals surface area (Å²) >= 11 is 0. The lowest BCUT2D eigenvalue weighted by molar-refractivity contribution is -0.160. The molecule has 37 heavy (non-hydrogen) atoms. The number of piperazine rings is 1. The number of ether oxygens (including phenoxy) is 4. The molecule has 8 nitrogen and oxygen atoms in total. The summed E-state index contributed by atoms with van der Waals surface area (Å²) in [4.78, 5) is 31.3. The number of rotatable bonds is 8. The van der Waals surface area contributed by atoms with Gasteiger partial charge in [-0.15, -0.1) is 0 Å². The van der Waals surface area contributed by atoms with E-state index < -0.39 is 6.04 Å². The number of fused-ring (bicyclic) bond motifs is 1. The summed E-state index contributed by atoms with van der Waals surface area (Å²) in [7, 11) is 1.59. The predicted molar refractivity (Wildman–Crippen MR) is 138 cm³/mol. The van der Waals surface area contributed by atoms with E-state index in [0.29, 0.717) is 41.1 Å². The van der Waals surface area contributed by atoms with Crippen molar-refractivity contribution in [1.82, 2.24) is 9.80 Å². The second-order valence-electron chi connectivity index (χ2n) is 10.3. The first-order chi connectivity index (χ1) is 18.0. The van der Waals surface area contributed by atoms with Crippen molar-refractivity contribution >= 4 is 11.8 Å². The molecule has 2 aromatic rings. The average molecular weight is 509 g/mol. The van der Waals surface area contributed by atoms with Gasteiger partial charge in [-0.2, -0.15) is 0 Å². The first kappa shape index (κ1) is 25.2. The predicted octanol–water partition coefficient (Wildman–Crippen LogP) is 4.70. The highest BCUT2D eigenvalue weighted by molar-refractivity contribution is 5.96. The largest absolute Gasteiger partial charge is 0.493 e. The standard InChI is InChI=1S/C29H36N2O6/c1-4-13-35-23-12-8-21(15-25(23)34-3)28-29(33)30(22-9-5-19(2)6-10-22)17-27(32)31(28)16-20-7-11-24-26(14-20)37-18-36-24/h7-8,11-12,14-15,19,22,28H,4-6,9-10,13,16-18H2,1-3H3/t19?,22?,28-/m0/s1. The van der Waals surface area contributed by atoms with Crippen molar-refractivity contribution in [1.29, 1.82) is 0 Å². The van der Waals surface area contributed by atoms with Gasteiger partial charge in [-0.05, 0) is 73.4 Å². The van der Waals surface area contributed by atoms with E-state index in [1.54, 1.807) is 12.0 Å². The molecule has 8 heteroatoms. The first-order valence-electron chi connectivity index (χ1n) is 13.3. The maximum Gasteiger partial charge on any atom is 0.250 e. The lowest BCUT2D eigenvalue weighted by atomic mass is 9.85. The van der Waals surface area contributed by atoms with Gasteiger partial charge < -0.3 is 28.7 Å². The lowest BCUT2D eigenvalue weighted by Gasteiger charge is -2.45. The number of hydrogen-bond donors (Lipinski definition) is 0. The van der Waals surface area contributed by atoms with E-state index in [1.807, 2.05) is 48.2 Å². The van der Waals surface area contributed by atoms with E-state index in [0.717, 1.165) is 37.7 Å². The maximum atomic E-state index is 14.1. The minimum atomic E-state index is -0.750. The Hall–Kier alpha value is -3.42. The van der Waals surface area contributed by atoms with Gasteiger partial charge in [0.2, 0.25) is 12.7 Å². The monoisotopic (exact) mass is 508 g/mol. The van der Waals surface area contributed by atoms with Gasteiger partial charge in [0.1, 0.15) is 12.6 Å². The number of carbonyl (C=O) groups excluding carboxylic acids is 2. The van der Waals surface area contributed by atoms with Crippen molar-refractivity contribution in [2.24, 2.45) is 5.92 Å². The first-order valence-corrected chi connectivity index (χ1v) is 13.3. The van der Waals surface area contributed by atoms with Crippen molar-refractivity contribution in [2.75, 3.05) is 27.1 Å². The summed E-state index contributed by atoms with van der Waals surface area (Å²) < 4.78 is 22.4. The Bertz CT molecular complexity index is 1140. The molecule has 0 aromatic heterocycles. The Morgan fingerprint density at radius 2 is 1.76 bits per heavy atom. The number of hydrogen-bond acceptors (Lipinski definition) is 6. The quantitative estimate of drug-likeness (QED) is 0.514. The van der Waals surface area contributed by atoms with Crippen molar-refractivity contribution in [3.63, 3.8) is 0 Å². The fourth-order valence-electron chi connectivity index (χ4n) is 5.54. The van der Waals surface area contributed by atoms with Gasteiger partial charge in [-0.25, -0.2) is 0 Å². The summed E-state index contributed by atoms with van der Waals surface area (Å²) in [5.41, 5.74) is 1.60. The molecule has 3 aliphatic rings. The van der Waals surface area contributed by atoms with Gasteiger partial charge in [0.25, 0.3) is 5.91 Å². The molecule has 0 N–H and O–H groups in total. The van der Waals surface area contributed by atoms with Crippen LogP contribution in [0.25, 0.3) is 0 Å². The molecule has 1 atom stereocenters. The van der Waals surface area contributed by atoms with Crippen LogP contribution in [0.4, 0.5) is 0 Å². The zero-order valence-corrected chi connectivity index (χ0v) is 21.9. The Balaban J connectivity index is 1.48. The summed E-state index contributed by atoms with van der Waals surface area (Å²) in [6.45, 7) is 5.45. The van der Waals surface area contributed by atoms with Crippen LogP contribution in [0.15, 0.2) is 36.4 Å². The Morgan fingerprint density at radius 3 is 2.51 bits per heavy atom. The average Bonchev–Trinajstić information content (AvgIpc) is 3.38. The van der Waals surface area contributed by atoms with Crippen LogP contribution in [-0.2, 0) is 16.1 Å². The molecule has 2 aromatic carbocycles. The number of amides is 2. The third-order valence-electron chi connectivity index (χ3n) is 7.64. The Morgan fingerprint density at radius 1 is 0.973 bits per heavy atom. The minimum absolute atomic E-state index is 0.0378. The minimum Gasteiger partial charge on any atom is -0.493 e.